The number of benzene rings is 2. The molecule has 0 aliphatic rings. The van der Waals surface area contributed by atoms with Crippen molar-refractivity contribution in [2.75, 3.05) is 5.32 Å². The van der Waals surface area contributed by atoms with Gasteiger partial charge in [-0.15, -0.1) is 0 Å². The van der Waals surface area contributed by atoms with Crippen LogP contribution in [0.2, 0.25) is 0 Å². The molecule has 0 atom stereocenters. The Morgan fingerprint density at radius 1 is 1.00 bits per heavy atom. The van der Waals surface area contributed by atoms with Gasteiger partial charge in [-0.25, -0.2) is 9.78 Å². The van der Waals surface area contributed by atoms with Crippen LogP contribution in [0.15, 0.2) is 77.8 Å². The van der Waals surface area contributed by atoms with Gasteiger partial charge < -0.3 is 9.50 Å². The second-order valence-corrected chi connectivity index (χ2v) is 5.90. The zero-order valence-electron chi connectivity index (χ0n) is 13.1. The maximum absolute atomic E-state index is 12.3. The minimum absolute atomic E-state index is 0.305. The molecule has 0 saturated heterocycles. The van der Waals surface area contributed by atoms with Crippen LogP contribution in [0.4, 0.5) is 11.4 Å². The topological polar surface area (TPSA) is 51.2 Å². The number of carbonyl (C=O) groups is 1. The third-order valence-electron chi connectivity index (χ3n) is 3.41. The van der Waals surface area contributed by atoms with Gasteiger partial charge in [-0.05, 0) is 37.3 Å². The molecule has 0 spiro atoms. The lowest BCUT2D eigenvalue weighted by Crippen LogP contribution is -2.07. The van der Waals surface area contributed by atoms with Crippen molar-refractivity contribution in [1.82, 2.24) is 4.98 Å². The number of anilines is 2. The first-order valence-electron chi connectivity index (χ1n) is 7.45. The SMILES string of the molecule is Cc1c(Nc2ccccc2)ccnc1C(=O)OSc1ccccc1. The molecule has 1 N–H and O–H groups in total. The first-order valence-corrected chi connectivity index (χ1v) is 8.20. The van der Waals surface area contributed by atoms with Crippen LogP contribution in [-0.2, 0) is 4.18 Å². The lowest BCUT2D eigenvalue weighted by Gasteiger charge is -2.11. The van der Waals surface area contributed by atoms with Crippen LogP contribution in [0.3, 0.4) is 0 Å². The van der Waals surface area contributed by atoms with Gasteiger partial charge in [0.1, 0.15) is 0 Å². The van der Waals surface area contributed by atoms with Gasteiger partial charge in [-0.1, -0.05) is 36.4 Å². The van der Waals surface area contributed by atoms with Gasteiger partial charge in [0.2, 0.25) is 0 Å². The van der Waals surface area contributed by atoms with Crippen molar-refractivity contribution in [3.8, 4) is 0 Å². The van der Waals surface area contributed by atoms with Crippen molar-refractivity contribution in [1.29, 1.82) is 0 Å². The summed E-state index contributed by atoms with van der Waals surface area (Å²) in [4.78, 5) is 17.3. The average molecular weight is 336 g/mol. The zero-order chi connectivity index (χ0) is 16.8. The molecule has 5 heteroatoms. The summed E-state index contributed by atoms with van der Waals surface area (Å²) < 4.78 is 5.29. The van der Waals surface area contributed by atoms with E-state index in [9.17, 15) is 4.79 Å². The Kier molecular flexibility index (Phi) is 5.13. The summed E-state index contributed by atoms with van der Waals surface area (Å²) in [5.41, 5.74) is 2.83. The summed E-state index contributed by atoms with van der Waals surface area (Å²) in [6.45, 7) is 1.85. The molecule has 3 aromatic rings. The van der Waals surface area contributed by atoms with Crippen LogP contribution in [0, 0.1) is 6.92 Å². The van der Waals surface area contributed by atoms with E-state index in [1.54, 1.807) is 6.20 Å². The van der Waals surface area contributed by atoms with Crippen LogP contribution >= 0.6 is 12.0 Å². The van der Waals surface area contributed by atoms with Gasteiger partial charge in [0.05, 0.1) is 12.0 Å². The Morgan fingerprint density at radius 3 is 2.38 bits per heavy atom. The number of nitrogens with one attached hydrogen (secondary N) is 1. The molecule has 0 aliphatic carbocycles. The Hall–Kier alpha value is -2.79. The molecule has 0 amide bonds. The van der Waals surface area contributed by atoms with Gasteiger partial charge in [0.25, 0.3) is 0 Å². The highest BCUT2D eigenvalue weighted by Crippen LogP contribution is 2.25. The number of rotatable bonds is 5. The van der Waals surface area contributed by atoms with Crippen molar-refractivity contribution in [3.05, 3.63) is 84.2 Å². The fourth-order valence-corrected chi connectivity index (χ4v) is 2.67. The standard InChI is InChI=1S/C19H16N2O2S/c1-14-17(21-15-8-4-2-5-9-15)12-13-20-18(14)19(22)23-24-16-10-6-3-7-11-16/h2-13H,1H3,(H,20,21). The Labute approximate surface area is 145 Å². The van der Waals surface area contributed by atoms with Crippen molar-refractivity contribution < 1.29 is 8.98 Å². The highest BCUT2D eigenvalue weighted by Gasteiger charge is 2.16. The number of aromatic nitrogens is 1. The van der Waals surface area contributed by atoms with Gasteiger partial charge in [-0.3, -0.25) is 0 Å². The van der Waals surface area contributed by atoms with E-state index < -0.39 is 5.97 Å². The summed E-state index contributed by atoms with van der Waals surface area (Å²) >= 11 is 1.03. The zero-order valence-corrected chi connectivity index (χ0v) is 13.9. The number of hydrogen-bond donors (Lipinski definition) is 1. The van der Waals surface area contributed by atoms with Crippen molar-refractivity contribution in [2.45, 2.75) is 11.8 Å². The third-order valence-corrected chi connectivity index (χ3v) is 4.11. The van der Waals surface area contributed by atoms with Gasteiger partial charge in [0.15, 0.2) is 5.69 Å². The second-order valence-electron chi connectivity index (χ2n) is 5.09. The first kappa shape index (κ1) is 16.1. The molecule has 4 nitrogen and oxygen atoms in total. The number of carbonyl (C=O) groups excluding carboxylic acids is 1. The van der Waals surface area contributed by atoms with Crippen molar-refractivity contribution in [3.63, 3.8) is 0 Å². The first-order chi connectivity index (χ1) is 11.7. The fraction of sp³-hybridized carbons (Fsp3) is 0.0526. The molecule has 0 unspecified atom stereocenters. The summed E-state index contributed by atoms with van der Waals surface area (Å²) in [6, 6.07) is 21.1. The smallest absolute Gasteiger partial charge is 0.369 e. The third kappa shape index (κ3) is 3.94. The monoisotopic (exact) mass is 336 g/mol. The van der Waals surface area contributed by atoms with Crippen LogP contribution in [0.25, 0.3) is 0 Å². The Bertz CT molecular complexity index is 823. The molecule has 120 valence electrons. The maximum Gasteiger partial charge on any atom is 0.369 e. The van der Waals surface area contributed by atoms with E-state index >= 15 is 0 Å². The molecule has 2 aromatic carbocycles. The molecule has 0 aliphatic heterocycles. The fourth-order valence-electron chi connectivity index (χ4n) is 2.16. The van der Waals surface area contributed by atoms with Gasteiger partial charge >= 0.3 is 5.97 Å². The van der Waals surface area contributed by atoms with E-state index in [0.717, 1.165) is 33.9 Å². The summed E-state index contributed by atoms with van der Waals surface area (Å²) in [5.74, 6) is -0.460. The number of hydrogen-bond acceptors (Lipinski definition) is 5. The normalized spacial score (nSPS) is 10.2. The second kappa shape index (κ2) is 7.66. The molecular weight excluding hydrogens is 320 g/mol. The highest BCUT2D eigenvalue weighted by atomic mass is 32.2. The van der Waals surface area contributed by atoms with E-state index in [4.69, 9.17) is 4.18 Å². The summed E-state index contributed by atoms with van der Waals surface area (Å²) in [6.07, 6.45) is 1.60. The lowest BCUT2D eigenvalue weighted by molar-refractivity contribution is 0.0761. The predicted molar refractivity (Wildman–Crippen MR) is 96.4 cm³/mol. The Morgan fingerprint density at radius 2 is 1.67 bits per heavy atom. The number of pyridine rings is 1. The molecule has 3 rings (SSSR count). The van der Waals surface area contributed by atoms with Gasteiger partial charge in [-0.2, -0.15) is 0 Å². The Balaban J connectivity index is 1.73. The molecular formula is C19H16N2O2S. The molecule has 0 saturated carbocycles. The van der Waals surface area contributed by atoms with E-state index in [2.05, 4.69) is 10.3 Å². The van der Waals surface area contributed by atoms with E-state index in [1.165, 1.54) is 0 Å². The number of nitrogens with zero attached hydrogens (tertiary/aromatic N) is 1. The average Bonchev–Trinajstić information content (AvgIpc) is 2.63. The minimum Gasteiger partial charge on any atom is -0.381 e. The molecule has 0 radical (unpaired) electrons. The minimum atomic E-state index is -0.460. The largest absolute Gasteiger partial charge is 0.381 e. The summed E-state index contributed by atoms with van der Waals surface area (Å²) in [7, 11) is 0. The van der Waals surface area contributed by atoms with E-state index in [1.807, 2.05) is 73.7 Å². The highest BCUT2D eigenvalue weighted by molar-refractivity contribution is 7.95. The maximum atomic E-state index is 12.3. The molecule has 0 fully saturated rings. The van der Waals surface area contributed by atoms with Crippen molar-refractivity contribution >= 4 is 29.4 Å². The summed E-state index contributed by atoms with van der Waals surface area (Å²) in [5, 5.41) is 3.29. The quantitative estimate of drug-likeness (QED) is 0.665. The molecule has 0 bridgehead atoms. The van der Waals surface area contributed by atoms with Crippen LogP contribution < -0.4 is 5.32 Å². The molecule has 1 aromatic heterocycles. The molecule has 24 heavy (non-hydrogen) atoms. The predicted octanol–water partition coefficient (Wildman–Crippen LogP) is 5.00. The van der Waals surface area contributed by atoms with Crippen molar-refractivity contribution in [2.24, 2.45) is 0 Å². The van der Waals surface area contributed by atoms with E-state index in [0.29, 0.717) is 5.69 Å². The van der Waals surface area contributed by atoms with Crippen LogP contribution in [-0.4, -0.2) is 11.0 Å². The van der Waals surface area contributed by atoms with E-state index in [-0.39, 0.29) is 0 Å². The lowest BCUT2D eigenvalue weighted by atomic mass is 10.1. The van der Waals surface area contributed by atoms with Crippen LogP contribution in [0.1, 0.15) is 16.1 Å². The molecule has 1 heterocycles. The van der Waals surface area contributed by atoms with Crippen LogP contribution in [0.5, 0.6) is 0 Å². The van der Waals surface area contributed by atoms with Gasteiger partial charge in [0, 0.05) is 28.0 Å². The number of para-hydroxylation sites is 1.